The average molecular weight is 594 g/mol. The Kier molecular flexibility index (Phi) is 9.03. The van der Waals surface area contributed by atoms with E-state index in [0.717, 1.165) is 27.6 Å². The number of nitrogens with zero attached hydrogens (tertiary/aromatic N) is 3. The zero-order chi connectivity index (χ0) is 30.2. The van der Waals surface area contributed by atoms with Crippen LogP contribution in [-0.4, -0.2) is 29.1 Å². The highest BCUT2D eigenvalue weighted by molar-refractivity contribution is 7.14. The van der Waals surface area contributed by atoms with Crippen molar-refractivity contribution >= 4 is 40.0 Å². The maximum atomic E-state index is 12.6. The molecule has 2 N–H and O–H groups in total. The van der Waals surface area contributed by atoms with Gasteiger partial charge in [0.2, 0.25) is 0 Å². The van der Waals surface area contributed by atoms with Gasteiger partial charge in [-0.05, 0) is 72.6 Å². The Balaban J connectivity index is 1.15. The maximum Gasteiger partial charge on any atom is 0.271 e. The summed E-state index contributed by atoms with van der Waals surface area (Å²) in [4.78, 5) is 27.7. The fourth-order valence-corrected chi connectivity index (χ4v) is 4.75. The number of aryl methyl sites for hydroxylation is 1. The molecule has 0 saturated carbocycles. The van der Waals surface area contributed by atoms with E-state index in [4.69, 9.17) is 9.47 Å². The van der Waals surface area contributed by atoms with Crippen LogP contribution in [0.25, 0.3) is 11.3 Å². The molecule has 0 saturated heterocycles. The molecule has 1 heterocycles. The van der Waals surface area contributed by atoms with Crippen molar-refractivity contribution in [3.05, 3.63) is 129 Å². The van der Waals surface area contributed by atoms with Crippen molar-refractivity contribution in [1.82, 2.24) is 10.4 Å². The number of aromatic nitrogens is 1. The number of nitrogens with one attached hydrogen (secondary N) is 2. The van der Waals surface area contributed by atoms with Crippen molar-refractivity contribution in [2.45, 2.75) is 13.5 Å². The van der Waals surface area contributed by atoms with E-state index >= 15 is 0 Å². The topological polar surface area (TPSA) is 128 Å². The summed E-state index contributed by atoms with van der Waals surface area (Å²) < 4.78 is 11.3. The number of methoxy groups -OCH3 is 1. The fourth-order valence-electron chi connectivity index (χ4n) is 4.01. The molecule has 216 valence electrons. The van der Waals surface area contributed by atoms with Crippen molar-refractivity contribution in [2.24, 2.45) is 5.10 Å². The van der Waals surface area contributed by atoms with Crippen molar-refractivity contribution in [3.63, 3.8) is 0 Å². The lowest BCUT2D eigenvalue weighted by Gasteiger charge is -2.11. The van der Waals surface area contributed by atoms with Crippen molar-refractivity contribution in [1.29, 1.82) is 0 Å². The molecule has 0 spiro atoms. The van der Waals surface area contributed by atoms with E-state index in [0.29, 0.717) is 22.6 Å². The minimum absolute atomic E-state index is 0.0192. The second-order valence-corrected chi connectivity index (χ2v) is 10.3. The highest BCUT2D eigenvalue weighted by atomic mass is 32.1. The Bertz CT molecular complexity index is 1750. The number of benzene rings is 4. The third kappa shape index (κ3) is 7.60. The van der Waals surface area contributed by atoms with Gasteiger partial charge in [0, 0.05) is 34.3 Å². The molecule has 5 rings (SSSR count). The largest absolute Gasteiger partial charge is 0.493 e. The second kappa shape index (κ2) is 13.4. The van der Waals surface area contributed by atoms with E-state index in [1.54, 1.807) is 42.5 Å². The van der Waals surface area contributed by atoms with Gasteiger partial charge in [-0.25, -0.2) is 10.4 Å². The number of nitro benzene ring substituents is 1. The number of carbonyl (C=O) groups excluding carboxylic acids is 1. The number of carbonyl (C=O) groups is 1. The van der Waals surface area contributed by atoms with Crippen molar-refractivity contribution in [3.8, 4) is 22.8 Å². The quantitative estimate of drug-likeness (QED) is 0.0948. The Hall–Kier alpha value is -5.55. The first kappa shape index (κ1) is 29.0. The van der Waals surface area contributed by atoms with Gasteiger partial charge in [0.05, 0.1) is 23.9 Å². The van der Waals surface area contributed by atoms with Gasteiger partial charge in [-0.1, -0.05) is 29.8 Å². The van der Waals surface area contributed by atoms with Gasteiger partial charge in [0.25, 0.3) is 11.6 Å². The van der Waals surface area contributed by atoms with Gasteiger partial charge >= 0.3 is 0 Å². The molecular formula is C32H27N5O5S. The first-order chi connectivity index (χ1) is 20.9. The molecule has 0 unspecified atom stereocenters. The maximum absolute atomic E-state index is 12.6. The monoisotopic (exact) mass is 593 g/mol. The number of non-ortho nitro benzene ring substituents is 1. The molecule has 4 aromatic carbocycles. The SMILES string of the molecule is COc1cc(/C=N\NC(=O)c2ccc(-c3csc(Nc4ccc(C)cc4)n3)cc2)ccc1OCc1ccc([N+](=O)[O-])cc1. The summed E-state index contributed by atoms with van der Waals surface area (Å²) in [5, 5.41) is 21.0. The summed E-state index contributed by atoms with van der Waals surface area (Å²) >= 11 is 1.51. The molecule has 11 heteroatoms. The lowest BCUT2D eigenvalue weighted by atomic mass is 10.1. The molecule has 0 atom stereocenters. The molecule has 43 heavy (non-hydrogen) atoms. The molecular weight excluding hydrogens is 566 g/mol. The number of hydrogen-bond donors (Lipinski definition) is 2. The highest BCUT2D eigenvalue weighted by Gasteiger charge is 2.10. The number of nitro groups is 1. The molecule has 1 aromatic heterocycles. The number of amides is 1. The molecule has 5 aromatic rings. The predicted molar refractivity (Wildman–Crippen MR) is 167 cm³/mol. The normalized spacial score (nSPS) is 10.8. The minimum Gasteiger partial charge on any atom is -0.493 e. The van der Waals surface area contributed by atoms with Crippen LogP contribution in [0.1, 0.15) is 27.0 Å². The van der Waals surface area contributed by atoms with Gasteiger partial charge in [-0.3, -0.25) is 14.9 Å². The average Bonchev–Trinajstić information content (AvgIpc) is 3.50. The summed E-state index contributed by atoms with van der Waals surface area (Å²) in [7, 11) is 1.52. The summed E-state index contributed by atoms with van der Waals surface area (Å²) in [6.07, 6.45) is 1.51. The van der Waals surface area contributed by atoms with Crippen molar-refractivity contribution < 1.29 is 19.2 Å². The first-order valence-electron chi connectivity index (χ1n) is 13.1. The van der Waals surface area contributed by atoms with E-state index in [2.05, 4.69) is 20.8 Å². The molecule has 0 aliphatic heterocycles. The number of thiazole rings is 1. The molecule has 1 amide bonds. The number of rotatable bonds is 11. The Morgan fingerprint density at radius 3 is 2.44 bits per heavy atom. The van der Waals surface area contributed by atoms with Crippen LogP contribution in [0, 0.1) is 17.0 Å². The third-order valence-electron chi connectivity index (χ3n) is 6.36. The van der Waals surface area contributed by atoms with Crippen LogP contribution < -0.4 is 20.2 Å². The first-order valence-corrected chi connectivity index (χ1v) is 14.0. The van der Waals surface area contributed by atoms with Gasteiger partial charge in [0.15, 0.2) is 16.6 Å². The summed E-state index contributed by atoms with van der Waals surface area (Å²) in [6.45, 7) is 2.26. The fraction of sp³-hybridized carbons (Fsp3) is 0.0938. The van der Waals surface area contributed by atoms with Gasteiger partial charge in [-0.15, -0.1) is 11.3 Å². The lowest BCUT2D eigenvalue weighted by Crippen LogP contribution is -2.17. The van der Waals surface area contributed by atoms with Crippen LogP contribution in [-0.2, 0) is 6.61 Å². The van der Waals surface area contributed by atoms with E-state index < -0.39 is 4.92 Å². The molecule has 0 bridgehead atoms. The van der Waals surface area contributed by atoms with E-state index in [1.807, 2.05) is 48.7 Å². The van der Waals surface area contributed by atoms with Crippen LogP contribution in [0.2, 0.25) is 0 Å². The van der Waals surface area contributed by atoms with E-state index in [9.17, 15) is 14.9 Å². The predicted octanol–water partition coefficient (Wildman–Crippen LogP) is 7.12. The Morgan fingerprint density at radius 1 is 1.00 bits per heavy atom. The highest BCUT2D eigenvalue weighted by Crippen LogP contribution is 2.29. The van der Waals surface area contributed by atoms with Crippen LogP contribution in [0.4, 0.5) is 16.5 Å². The standard InChI is InChI=1S/C32H27N5O5S/c1-21-3-12-26(13-4-21)34-32-35-28(20-43-32)24-8-10-25(11-9-24)31(38)36-33-18-23-7-16-29(30(17-23)41-2)42-19-22-5-14-27(15-6-22)37(39)40/h3-18,20H,19H2,1-2H3,(H,34,35)(H,36,38)/b33-18-. The molecule has 10 nitrogen and oxygen atoms in total. The number of anilines is 2. The zero-order valence-corrected chi connectivity index (χ0v) is 24.1. The van der Waals surface area contributed by atoms with Crippen LogP contribution in [0.3, 0.4) is 0 Å². The number of ether oxygens (including phenoxy) is 2. The van der Waals surface area contributed by atoms with Gasteiger partial charge in [-0.2, -0.15) is 5.10 Å². The second-order valence-electron chi connectivity index (χ2n) is 9.43. The lowest BCUT2D eigenvalue weighted by molar-refractivity contribution is -0.384. The molecule has 0 fully saturated rings. The Morgan fingerprint density at radius 2 is 1.74 bits per heavy atom. The Labute approximate surface area is 251 Å². The van der Waals surface area contributed by atoms with Crippen LogP contribution in [0.15, 0.2) is 101 Å². The minimum atomic E-state index is -0.448. The van der Waals surface area contributed by atoms with E-state index in [-0.39, 0.29) is 18.2 Å². The van der Waals surface area contributed by atoms with Crippen LogP contribution >= 0.6 is 11.3 Å². The molecule has 0 aliphatic carbocycles. The summed E-state index contributed by atoms with van der Waals surface area (Å²) in [6, 6.07) is 26.6. The molecule has 0 radical (unpaired) electrons. The van der Waals surface area contributed by atoms with Gasteiger partial charge < -0.3 is 14.8 Å². The third-order valence-corrected chi connectivity index (χ3v) is 7.12. The van der Waals surface area contributed by atoms with Crippen molar-refractivity contribution in [2.75, 3.05) is 12.4 Å². The molecule has 0 aliphatic rings. The summed E-state index contributed by atoms with van der Waals surface area (Å²) in [5.41, 5.74) is 8.37. The summed E-state index contributed by atoms with van der Waals surface area (Å²) in [5.74, 6) is 0.630. The van der Waals surface area contributed by atoms with Gasteiger partial charge in [0.1, 0.15) is 6.61 Å². The van der Waals surface area contributed by atoms with E-state index in [1.165, 1.54) is 42.4 Å². The zero-order valence-electron chi connectivity index (χ0n) is 23.3. The number of hydrazone groups is 1. The number of hydrogen-bond acceptors (Lipinski definition) is 9. The smallest absolute Gasteiger partial charge is 0.271 e. The van der Waals surface area contributed by atoms with Crippen LogP contribution in [0.5, 0.6) is 11.5 Å².